The van der Waals surface area contributed by atoms with Crippen molar-refractivity contribution in [3.05, 3.63) is 71.8 Å². The van der Waals surface area contributed by atoms with E-state index in [1.165, 1.54) is 53.3 Å². The summed E-state index contributed by atoms with van der Waals surface area (Å²) in [6.07, 6.45) is 25.6. The first-order valence-electron chi connectivity index (χ1n) is 15.5. The van der Waals surface area contributed by atoms with E-state index in [4.69, 9.17) is 0 Å². The first-order valence-corrected chi connectivity index (χ1v) is 16.3. The summed E-state index contributed by atoms with van der Waals surface area (Å²) in [6, 6.07) is 7.48. The molecule has 2 heterocycles. The number of allylic oxidation sites excluding steroid dienone is 5. The number of hydrogen-bond acceptors (Lipinski definition) is 2. The maximum Gasteiger partial charge on any atom is 0.0774 e. The van der Waals surface area contributed by atoms with Gasteiger partial charge in [0.2, 0.25) is 0 Å². The van der Waals surface area contributed by atoms with Crippen molar-refractivity contribution in [3.8, 4) is 0 Å². The second-order valence-corrected chi connectivity index (χ2v) is 14.1. The van der Waals surface area contributed by atoms with Gasteiger partial charge in [0.05, 0.1) is 16.3 Å². The molecule has 208 valence electrons. The fraction of sp³-hybridized carbons (Fsp3) is 0.611. The Morgan fingerprint density at radius 3 is 2.39 bits per heavy atom. The molecule has 4 atom stereocenters. The van der Waals surface area contributed by atoms with Gasteiger partial charge >= 0.3 is 0 Å². The van der Waals surface area contributed by atoms with Crippen molar-refractivity contribution in [1.29, 1.82) is 0 Å². The summed E-state index contributed by atoms with van der Waals surface area (Å²) >= 11 is 1.99. The molecule has 38 heavy (non-hydrogen) atoms. The molecule has 0 saturated heterocycles. The molecule has 1 nitrogen and oxygen atoms in total. The molecule has 2 heteroatoms. The average Bonchev–Trinajstić information content (AvgIpc) is 3.26. The summed E-state index contributed by atoms with van der Waals surface area (Å²) in [7, 11) is 0. The summed E-state index contributed by atoms with van der Waals surface area (Å²) in [5.74, 6) is 1.39. The molecular formula is C36H53NS. The van der Waals surface area contributed by atoms with Gasteiger partial charge in [-0.1, -0.05) is 129 Å². The summed E-state index contributed by atoms with van der Waals surface area (Å²) in [6.45, 7) is 21.5. The lowest BCUT2D eigenvalue weighted by molar-refractivity contribution is 0.108. The van der Waals surface area contributed by atoms with Gasteiger partial charge in [-0.2, -0.15) is 0 Å². The maximum atomic E-state index is 4.55. The number of hydrogen-bond donors (Lipinski definition) is 0. The van der Waals surface area contributed by atoms with Gasteiger partial charge in [0.1, 0.15) is 0 Å². The topological polar surface area (TPSA) is 3.24 Å². The van der Waals surface area contributed by atoms with Crippen LogP contribution in [0.15, 0.2) is 71.2 Å². The van der Waals surface area contributed by atoms with Crippen LogP contribution in [0.5, 0.6) is 0 Å². The monoisotopic (exact) mass is 531 g/mol. The lowest BCUT2D eigenvalue weighted by Crippen LogP contribution is -2.53. The number of rotatable bonds is 7. The van der Waals surface area contributed by atoms with Gasteiger partial charge in [0.25, 0.3) is 0 Å². The molecule has 0 bridgehead atoms. The largest absolute Gasteiger partial charge is 0.325 e. The zero-order chi connectivity index (χ0) is 27.6. The van der Waals surface area contributed by atoms with Crippen molar-refractivity contribution >= 4 is 17.4 Å². The Balaban J connectivity index is 1.88. The van der Waals surface area contributed by atoms with Gasteiger partial charge in [-0.15, -0.1) is 6.58 Å². The molecule has 1 aromatic carbocycles. The molecule has 1 saturated carbocycles. The highest BCUT2D eigenvalue weighted by atomic mass is 32.2. The van der Waals surface area contributed by atoms with E-state index in [2.05, 4.69) is 115 Å². The standard InChI is InChI=1S/C36H53NS/c1-9-22-36(12-4)30(11-3)28(10-2)19-15-14-18-27(5)25-33-37(36)31-21-20-29(26-32(31)38-33)34(6,7)35(8)23-16-13-17-24-35/h12,14-15,18-21,25-28,30H,4,9-11,13,16-17,22-24H2,1-3,5-8H3. The third-order valence-electron chi connectivity index (χ3n) is 10.6. The van der Waals surface area contributed by atoms with Crippen LogP contribution in [-0.4, -0.2) is 5.54 Å². The van der Waals surface area contributed by atoms with E-state index in [0.717, 1.165) is 25.7 Å². The number of nitrogens with zero attached hydrogens (tertiary/aromatic N) is 1. The summed E-state index contributed by atoms with van der Waals surface area (Å²) in [5, 5.41) is 1.39. The van der Waals surface area contributed by atoms with E-state index in [1.54, 1.807) is 0 Å². The van der Waals surface area contributed by atoms with Crippen molar-refractivity contribution in [3.63, 3.8) is 0 Å². The van der Waals surface area contributed by atoms with Crippen molar-refractivity contribution in [2.24, 2.45) is 23.2 Å². The minimum Gasteiger partial charge on any atom is -0.325 e. The molecule has 4 unspecified atom stereocenters. The van der Waals surface area contributed by atoms with Gasteiger partial charge in [0, 0.05) is 4.90 Å². The van der Waals surface area contributed by atoms with Gasteiger partial charge in [-0.3, -0.25) is 0 Å². The Kier molecular flexibility index (Phi) is 9.13. The fourth-order valence-electron chi connectivity index (χ4n) is 7.81. The zero-order valence-electron chi connectivity index (χ0n) is 25.4. The molecule has 0 amide bonds. The second kappa shape index (κ2) is 11.8. The second-order valence-electron chi connectivity index (χ2n) is 13.0. The highest BCUT2D eigenvalue weighted by Crippen LogP contribution is 2.57. The van der Waals surface area contributed by atoms with Crippen LogP contribution < -0.4 is 4.90 Å². The predicted octanol–water partition coefficient (Wildman–Crippen LogP) is 11.2. The number of anilines is 1. The molecular weight excluding hydrogens is 478 g/mol. The number of thioether (sulfide) groups is 1. The summed E-state index contributed by atoms with van der Waals surface area (Å²) in [4.78, 5) is 4.15. The van der Waals surface area contributed by atoms with Gasteiger partial charge in [0.15, 0.2) is 0 Å². The van der Waals surface area contributed by atoms with Crippen LogP contribution in [0.2, 0.25) is 0 Å². The predicted molar refractivity (Wildman–Crippen MR) is 170 cm³/mol. The van der Waals surface area contributed by atoms with Crippen molar-refractivity contribution < 1.29 is 0 Å². The lowest BCUT2D eigenvalue weighted by atomic mass is 9.57. The first-order chi connectivity index (χ1) is 18.2. The normalized spacial score (nSPS) is 29.3. The van der Waals surface area contributed by atoms with Crippen LogP contribution in [-0.2, 0) is 5.41 Å². The van der Waals surface area contributed by atoms with E-state index >= 15 is 0 Å². The summed E-state index contributed by atoms with van der Waals surface area (Å²) < 4.78 is 0. The highest BCUT2D eigenvalue weighted by molar-refractivity contribution is 8.03. The van der Waals surface area contributed by atoms with E-state index in [1.807, 2.05) is 11.8 Å². The minimum absolute atomic E-state index is 0.116. The van der Waals surface area contributed by atoms with Crippen LogP contribution in [0.1, 0.15) is 112 Å². The lowest BCUT2D eigenvalue weighted by Gasteiger charge is -2.49. The Labute approximate surface area is 238 Å². The summed E-state index contributed by atoms with van der Waals surface area (Å²) in [5.41, 5.74) is 3.29. The Hall–Kier alpha value is -1.67. The van der Waals surface area contributed by atoms with Gasteiger partial charge in [-0.25, -0.2) is 0 Å². The molecule has 0 aromatic heterocycles. The van der Waals surface area contributed by atoms with Crippen molar-refractivity contribution in [2.45, 2.75) is 122 Å². The van der Waals surface area contributed by atoms with Crippen LogP contribution in [0.4, 0.5) is 5.69 Å². The SMILES string of the molecule is C=CC1(CCC)C(CC)C(CC)C=CC=CC(C)C=C2Sc3cc(C(C)(C)C4(C)CCCCC4)ccc3N21. The van der Waals surface area contributed by atoms with Crippen molar-refractivity contribution in [1.82, 2.24) is 0 Å². The average molecular weight is 532 g/mol. The molecule has 0 radical (unpaired) electrons. The van der Waals surface area contributed by atoms with Crippen LogP contribution in [0.25, 0.3) is 0 Å². The fourth-order valence-corrected chi connectivity index (χ4v) is 9.12. The first kappa shape index (κ1) is 29.3. The third kappa shape index (κ3) is 5.12. The highest BCUT2D eigenvalue weighted by Gasteiger charge is 2.48. The van der Waals surface area contributed by atoms with Gasteiger partial charge in [-0.05, 0) is 78.0 Å². The molecule has 0 N–H and O–H groups in total. The van der Waals surface area contributed by atoms with Crippen molar-refractivity contribution in [2.75, 3.05) is 4.90 Å². The van der Waals surface area contributed by atoms with E-state index < -0.39 is 0 Å². The van der Waals surface area contributed by atoms with Gasteiger partial charge < -0.3 is 4.90 Å². The smallest absolute Gasteiger partial charge is 0.0774 e. The van der Waals surface area contributed by atoms with E-state index in [-0.39, 0.29) is 11.0 Å². The Bertz CT molecular complexity index is 1070. The maximum absolute atomic E-state index is 4.55. The molecule has 2 aliphatic heterocycles. The Morgan fingerprint density at radius 2 is 1.76 bits per heavy atom. The molecule has 0 spiro atoms. The molecule has 3 aliphatic rings. The molecule has 4 rings (SSSR count). The molecule has 1 aromatic rings. The van der Waals surface area contributed by atoms with Crippen LogP contribution >= 0.6 is 11.8 Å². The minimum atomic E-state index is -0.116. The van der Waals surface area contributed by atoms with E-state index in [9.17, 15) is 0 Å². The van der Waals surface area contributed by atoms with Crippen LogP contribution in [0, 0.1) is 23.2 Å². The third-order valence-corrected chi connectivity index (χ3v) is 11.7. The number of fused-ring (bicyclic) bond motifs is 3. The Morgan fingerprint density at radius 1 is 1.05 bits per heavy atom. The van der Waals surface area contributed by atoms with Crippen LogP contribution in [0.3, 0.4) is 0 Å². The molecule has 1 fully saturated rings. The number of benzene rings is 1. The van der Waals surface area contributed by atoms with E-state index in [0.29, 0.717) is 23.2 Å². The molecule has 1 aliphatic carbocycles. The zero-order valence-corrected chi connectivity index (χ0v) is 26.2. The quantitative estimate of drug-likeness (QED) is 0.322.